The highest BCUT2D eigenvalue weighted by atomic mass is 16.5. The van der Waals surface area contributed by atoms with Crippen LogP contribution >= 0.6 is 0 Å². The molecule has 5 amide bonds. The Labute approximate surface area is 217 Å². The number of carbonyl (C=O) groups is 5. The molecule has 1 spiro atoms. The number of amides is 5. The van der Waals surface area contributed by atoms with Crippen LogP contribution in [0.25, 0.3) is 0 Å². The minimum absolute atomic E-state index is 0.132. The van der Waals surface area contributed by atoms with Crippen molar-refractivity contribution in [2.45, 2.75) is 59.4 Å². The Morgan fingerprint density at radius 3 is 2.32 bits per heavy atom. The van der Waals surface area contributed by atoms with Crippen LogP contribution in [0.2, 0.25) is 0 Å². The van der Waals surface area contributed by atoms with Gasteiger partial charge in [-0.25, -0.2) is 4.79 Å². The number of hydrazine groups is 1. The fourth-order valence-corrected chi connectivity index (χ4v) is 5.62. The zero-order valence-corrected chi connectivity index (χ0v) is 22.2. The predicted molar refractivity (Wildman–Crippen MR) is 136 cm³/mol. The largest absolute Gasteiger partial charge is 0.454 e. The minimum atomic E-state index is -1.02. The van der Waals surface area contributed by atoms with Gasteiger partial charge in [-0.15, -0.1) is 0 Å². The van der Waals surface area contributed by atoms with Crippen molar-refractivity contribution in [1.29, 1.82) is 0 Å². The second kappa shape index (κ2) is 11.2. The van der Waals surface area contributed by atoms with E-state index >= 15 is 0 Å². The lowest BCUT2D eigenvalue weighted by Gasteiger charge is -2.43. The predicted octanol–water partition coefficient (Wildman–Crippen LogP) is 1.97. The maximum absolute atomic E-state index is 13.1. The van der Waals surface area contributed by atoms with Gasteiger partial charge in [-0.2, -0.15) is 0 Å². The average Bonchev–Trinajstić information content (AvgIpc) is 3.04. The Balaban J connectivity index is 1.46. The number of carbonyl (C=O) groups excluding carboxylic acids is 5. The van der Waals surface area contributed by atoms with Crippen molar-refractivity contribution in [1.82, 2.24) is 21.1 Å². The molecule has 3 rings (SSSR count). The number of rotatable bonds is 8. The van der Waals surface area contributed by atoms with E-state index in [2.05, 4.69) is 34.9 Å². The number of anilines is 1. The van der Waals surface area contributed by atoms with Crippen LogP contribution in [0, 0.1) is 11.3 Å². The third-order valence-electron chi connectivity index (χ3n) is 6.85. The fourth-order valence-electron chi connectivity index (χ4n) is 5.62. The maximum atomic E-state index is 13.1. The number of nitrogens with one attached hydrogen (secondary N) is 3. The van der Waals surface area contributed by atoms with E-state index in [9.17, 15) is 24.0 Å². The van der Waals surface area contributed by atoms with Crippen LogP contribution in [0.3, 0.4) is 0 Å². The minimum Gasteiger partial charge on any atom is -0.454 e. The highest BCUT2D eigenvalue weighted by Crippen LogP contribution is 2.46. The quantitative estimate of drug-likeness (QED) is 0.273. The van der Waals surface area contributed by atoms with Gasteiger partial charge < -0.3 is 15.0 Å². The van der Waals surface area contributed by atoms with Gasteiger partial charge in [-0.05, 0) is 68.7 Å². The fraction of sp³-hybridized carbons (Fsp3) is 0.577. The highest BCUT2D eigenvalue weighted by molar-refractivity contribution is 6.09. The molecule has 1 aromatic rings. The Morgan fingerprint density at radius 2 is 1.73 bits per heavy atom. The van der Waals surface area contributed by atoms with Gasteiger partial charge in [0.25, 0.3) is 17.7 Å². The number of hydrogen-bond donors (Lipinski definition) is 3. The lowest BCUT2D eigenvalue weighted by atomic mass is 9.64. The lowest BCUT2D eigenvalue weighted by molar-refractivity contribution is -0.151. The summed E-state index contributed by atoms with van der Waals surface area (Å²) in [6.45, 7) is 10.6. The van der Waals surface area contributed by atoms with Crippen LogP contribution in [0.15, 0.2) is 24.3 Å². The van der Waals surface area contributed by atoms with E-state index in [1.165, 1.54) is 0 Å². The topological polar surface area (TPSA) is 137 Å². The monoisotopic (exact) mass is 515 g/mol. The van der Waals surface area contributed by atoms with Crippen molar-refractivity contribution < 1.29 is 28.7 Å². The van der Waals surface area contributed by atoms with Gasteiger partial charge in [-0.1, -0.05) is 20.8 Å². The van der Waals surface area contributed by atoms with Gasteiger partial charge in [0.2, 0.25) is 0 Å². The first-order valence-electron chi connectivity index (χ1n) is 12.6. The van der Waals surface area contributed by atoms with E-state index in [0.717, 1.165) is 30.1 Å². The molecule has 2 atom stereocenters. The van der Waals surface area contributed by atoms with E-state index in [1.54, 1.807) is 12.1 Å². The van der Waals surface area contributed by atoms with Crippen LogP contribution in [0.5, 0.6) is 0 Å². The van der Waals surface area contributed by atoms with E-state index in [0.29, 0.717) is 18.4 Å². The van der Waals surface area contributed by atoms with E-state index < -0.39 is 48.4 Å². The Hall–Kier alpha value is -3.63. The van der Waals surface area contributed by atoms with E-state index in [1.807, 2.05) is 32.9 Å². The first-order valence-corrected chi connectivity index (χ1v) is 12.6. The highest BCUT2D eigenvalue weighted by Gasteiger charge is 2.56. The maximum Gasteiger partial charge on any atom is 0.326 e. The second-order valence-electron chi connectivity index (χ2n) is 10.6. The number of benzene rings is 1. The Kier molecular flexibility index (Phi) is 8.45. The van der Waals surface area contributed by atoms with Crippen LogP contribution in [-0.4, -0.2) is 66.4 Å². The molecule has 1 aromatic carbocycles. The first-order chi connectivity index (χ1) is 17.4. The molecule has 11 nitrogen and oxygen atoms in total. The molecule has 1 aliphatic heterocycles. The molecule has 1 saturated carbocycles. The number of hydrogen-bond acceptors (Lipinski definition) is 7. The van der Waals surface area contributed by atoms with Gasteiger partial charge in [-0.3, -0.25) is 34.9 Å². The molecular formula is C26H37N5O6. The van der Waals surface area contributed by atoms with Crippen molar-refractivity contribution in [2.75, 3.05) is 31.1 Å². The van der Waals surface area contributed by atoms with Crippen molar-refractivity contribution in [3.05, 3.63) is 29.8 Å². The average molecular weight is 516 g/mol. The molecule has 1 aliphatic carbocycles. The molecule has 37 heavy (non-hydrogen) atoms. The smallest absolute Gasteiger partial charge is 0.326 e. The van der Waals surface area contributed by atoms with Gasteiger partial charge in [0.15, 0.2) is 6.61 Å². The molecule has 2 aliphatic rings. The molecule has 202 valence electrons. The summed E-state index contributed by atoms with van der Waals surface area (Å²) in [5, 5.41) is 2.79. The van der Waals surface area contributed by atoms with Crippen LogP contribution in [-0.2, 0) is 19.1 Å². The number of ether oxygens (including phenoxy) is 1. The Morgan fingerprint density at radius 1 is 1.08 bits per heavy atom. The van der Waals surface area contributed by atoms with E-state index in [-0.39, 0.29) is 11.3 Å². The van der Waals surface area contributed by atoms with Gasteiger partial charge in [0.05, 0.1) is 0 Å². The standard InChI is InChI=1S/C26H37N5O6/c1-6-30(7-2)19-10-8-18(9-11-19)22(34)29-28-20(32)15-37-21(33)14-31-23(35)26(27-24(31)36)13-17(3)12-25(4,5)16-26/h8-11,17H,6-7,12-16H2,1-5H3,(H,27,36)(H,28,32)(H,29,34)/t17-,26-/m1/s1. The number of urea groups is 1. The number of nitrogens with zero attached hydrogens (tertiary/aromatic N) is 2. The summed E-state index contributed by atoms with van der Waals surface area (Å²) >= 11 is 0. The molecule has 0 unspecified atom stereocenters. The molecular weight excluding hydrogens is 478 g/mol. The number of imide groups is 1. The van der Waals surface area contributed by atoms with Crippen molar-refractivity contribution >= 4 is 35.4 Å². The summed E-state index contributed by atoms with van der Waals surface area (Å²) in [5.74, 6) is -2.41. The molecule has 2 fully saturated rings. The zero-order valence-electron chi connectivity index (χ0n) is 22.2. The van der Waals surface area contributed by atoms with Crippen molar-refractivity contribution in [3.8, 4) is 0 Å². The van der Waals surface area contributed by atoms with Crippen LogP contribution in [0.4, 0.5) is 10.5 Å². The van der Waals surface area contributed by atoms with Crippen molar-refractivity contribution in [2.24, 2.45) is 11.3 Å². The Bertz CT molecular complexity index is 1050. The third kappa shape index (κ3) is 6.58. The van der Waals surface area contributed by atoms with E-state index in [4.69, 9.17) is 4.74 Å². The zero-order chi connectivity index (χ0) is 27.4. The summed E-state index contributed by atoms with van der Waals surface area (Å²) in [6, 6.07) is 6.29. The van der Waals surface area contributed by atoms with Crippen molar-refractivity contribution in [3.63, 3.8) is 0 Å². The summed E-state index contributed by atoms with van der Waals surface area (Å²) < 4.78 is 4.92. The molecule has 0 radical (unpaired) electrons. The molecule has 1 heterocycles. The summed E-state index contributed by atoms with van der Waals surface area (Å²) in [7, 11) is 0. The summed E-state index contributed by atoms with van der Waals surface area (Å²) in [6.07, 6.45) is 1.93. The van der Waals surface area contributed by atoms with Gasteiger partial charge in [0.1, 0.15) is 12.1 Å². The molecule has 11 heteroatoms. The third-order valence-corrected chi connectivity index (χ3v) is 6.85. The second-order valence-corrected chi connectivity index (χ2v) is 10.6. The summed E-state index contributed by atoms with van der Waals surface area (Å²) in [5.41, 5.74) is 4.62. The van der Waals surface area contributed by atoms with Gasteiger partial charge >= 0.3 is 12.0 Å². The summed E-state index contributed by atoms with van der Waals surface area (Å²) in [4.78, 5) is 65.2. The van der Waals surface area contributed by atoms with Crippen LogP contribution < -0.4 is 21.1 Å². The lowest BCUT2D eigenvalue weighted by Crippen LogP contribution is -2.54. The SMILES string of the molecule is CCN(CC)c1ccc(C(=O)NNC(=O)COC(=O)CN2C(=O)N[C@@]3(C[C@H](C)CC(C)(C)C3)C2=O)cc1. The molecule has 0 aromatic heterocycles. The molecule has 0 bridgehead atoms. The molecule has 1 saturated heterocycles. The van der Waals surface area contributed by atoms with Crippen LogP contribution in [0.1, 0.15) is 64.2 Å². The first kappa shape index (κ1) is 27.9. The number of esters is 1. The van der Waals surface area contributed by atoms with Gasteiger partial charge in [0, 0.05) is 24.3 Å². The molecule has 3 N–H and O–H groups in total. The normalized spacial score (nSPS) is 22.4.